The average molecular weight is 340 g/mol. The van der Waals surface area contributed by atoms with Crippen LogP contribution in [-0.4, -0.2) is 13.2 Å². The van der Waals surface area contributed by atoms with Crippen molar-refractivity contribution in [2.24, 2.45) is 0 Å². The fourth-order valence-electron chi connectivity index (χ4n) is 1.46. The first-order chi connectivity index (χ1) is 10.8. The molecule has 0 unspecified atom stereocenters. The van der Waals surface area contributed by atoms with Gasteiger partial charge in [-0.2, -0.15) is 0 Å². The fraction of sp³-hybridized carbons (Fsp3) is 0.579. The molecule has 1 aliphatic carbocycles. The van der Waals surface area contributed by atoms with Crippen molar-refractivity contribution in [3.8, 4) is 0 Å². The summed E-state index contributed by atoms with van der Waals surface area (Å²) in [6.45, 7) is 9.26. The molecule has 0 aromatic rings. The van der Waals surface area contributed by atoms with E-state index in [4.69, 9.17) is 0 Å². The summed E-state index contributed by atoms with van der Waals surface area (Å²) in [6, 6.07) is 0. The number of hydrogen-bond acceptors (Lipinski definition) is 2. The second kappa shape index (κ2) is 22.9. The van der Waals surface area contributed by atoms with Crippen LogP contribution in [0.25, 0.3) is 0 Å². The summed E-state index contributed by atoms with van der Waals surface area (Å²) in [5, 5.41) is 19.3. The van der Waals surface area contributed by atoms with Crippen LogP contribution in [0, 0.1) is 0 Å². The molecule has 0 atom stereocenters. The van der Waals surface area contributed by atoms with Gasteiger partial charge in [0.05, 0.1) is 0 Å². The standard InChI is InChI=1S/2C5H9O.C5H5.C4H9.Ti/c2*1-2-3-4-5-6;1-2-4-5-3-1;1-3-4-2;/h2*2H,1,3-5H2;1-3H,4H2;1,3-4H2,2H3;/q2*-1;;;+2. The first-order valence-corrected chi connectivity index (χ1v) is 10.1. The third-order valence-electron chi connectivity index (χ3n) is 2.76. The Morgan fingerprint density at radius 3 is 2.00 bits per heavy atom. The predicted octanol–water partition coefficient (Wildman–Crippen LogP) is 3.76. The Bertz CT molecular complexity index is 284. The van der Waals surface area contributed by atoms with Gasteiger partial charge in [0.1, 0.15) is 0 Å². The van der Waals surface area contributed by atoms with Crippen LogP contribution >= 0.6 is 0 Å². The zero-order valence-electron chi connectivity index (χ0n) is 14.2. The Morgan fingerprint density at radius 1 is 1.09 bits per heavy atom. The number of unbranched alkanes of at least 4 members (excludes halogenated alkanes) is 3. The van der Waals surface area contributed by atoms with Gasteiger partial charge in [-0.15, -0.1) is 26.4 Å². The minimum atomic E-state index is 0.0337. The van der Waals surface area contributed by atoms with E-state index < -0.39 is 0 Å². The molecule has 2 nitrogen and oxygen atoms in total. The molecule has 1 rings (SSSR count). The first kappa shape index (κ1) is 23.9. The zero-order valence-corrected chi connectivity index (χ0v) is 15.8. The predicted molar refractivity (Wildman–Crippen MR) is 90.2 cm³/mol. The van der Waals surface area contributed by atoms with Crippen molar-refractivity contribution in [1.82, 2.24) is 0 Å². The van der Waals surface area contributed by atoms with Gasteiger partial charge in [-0.25, -0.2) is 0 Å². The molecule has 0 aliphatic heterocycles. The molecule has 0 heterocycles. The van der Waals surface area contributed by atoms with Gasteiger partial charge in [0, 0.05) is 0 Å². The van der Waals surface area contributed by atoms with Crippen LogP contribution in [0.3, 0.4) is 0 Å². The third-order valence-corrected chi connectivity index (χ3v) is 4.99. The quantitative estimate of drug-likeness (QED) is 0.345. The van der Waals surface area contributed by atoms with Crippen LogP contribution in [0.4, 0.5) is 0 Å². The van der Waals surface area contributed by atoms with Crippen LogP contribution in [-0.2, 0) is 19.2 Å². The SMILES string of the molecule is C=CCCC[O-].C=CCCC[O-].CCC[CH2][Ti+2][C]1=CC=CC1. The molecular formula is C19H32O2Ti. The molecule has 124 valence electrons. The fourth-order valence-corrected chi connectivity index (χ4v) is 3.53. The Kier molecular flexibility index (Phi) is 24.8. The van der Waals surface area contributed by atoms with E-state index in [1.807, 2.05) is 0 Å². The van der Waals surface area contributed by atoms with Gasteiger partial charge in [0.25, 0.3) is 0 Å². The zero-order chi connectivity index (χ0) is 16.9. The maximum absolute atomic E-state index is 9.64. The Labute approximate surface area is 146 Å². The van der Waals surface area contributed by atoms with E-state index in [1.165, 1.54) is 24.0 Å². The molecule has 3 heteroatoms. The van der Waals surface area contributed by atoms with Gasteiger partial charge in [0.15, 0.2) is 0 Å². The van der Waals surface area contributed by atoms with E-state index in [1.54, 1.807) is 16.0 Å². The van der Waals surface area contributed by atoms with Gasteiger partial charge in [-0.05, 0) is 12.8 Å². The number of hydrogen-bond donors (Lipinski definition) is 0. The van der Waals surface area contributed by atoms with E-state index in [2.05, 4.69) is 38.3 Å². The minimum absolute atomic E-state index is 0.0337. The summed E-state index contributed by atoms with van der Waals surface area (Å²) < 4.78 is 3.25. The monoisotopic (exact) mass is 340 g/mol. The first-order valence-electron chi connectivity index (χ1n) is 8.24. The molecule has 0 fully saturated rings. The van der Waals surface area contributed by atoms with Crippen molar-refractivity contribution in [2.75, 3.05) is 13.2 Å². The normalized spacial score (nSPS) is 11.3. The summed E-state index contributed by atoms with van der Waals surface area (Å²) in [6.07, 6.45) is 17.6. The van der Waals surface area contributed by atoms with Gasteiger partial charge in [-0.3, -0.25) is 0 Å². The van der Waals surface area contributed by atoms with E-state index >= 15 is 0 Å². The van der Waals surface area contributed by atoms with Crippen molar-refractivity contribution in [3.05, 3.63) is 47.4 Å². The molecule has 0 aromatic heterocycles. The molecular weight excluding hydrogens is 308 g/mol. The van der Waals surface area contributed by atoms with Gasteiger partial charge >= 0.3 is 72.2 Å². The Hall–Kier alpha value is -0.406. The molecule has 0 aromatic carbocycles. The second-order valence-electron chi connectivity index (χ2n) is 4.87. The summed E-state index contributed by atoms with van der Waals surface area (Å²) in [5.41, 5.74) is 0. The molecule has 0 radical (unpaired) electrons. The summed E-state index contributed by atoms with van der Waals surface area (Å²) >= 11 is 0.290. The molecule has 0 saturated carbocycles. The van der Waals surface area contributed by atoms with Gasteiger partial charge in [0.2, 0.25) is 0 Å². The van der Waals surface area contributed by atoms with E-state index in [0.717, 1.165) is 25.7 Å². The van der Waals surface area contributed by atoms with Crippen LogP contribution in [0.15, 0.2) is 47.4 Å². The van der Waals surface area contributed by atoms with Gasteiger partial charge < -0.3 is 10.2 Å². The molecule has 1 aliphatic rings. The number of rotatable bonds is 10. The average Bonchev–Trinajstić information content (AvgIpc) is 3.06. The van der Waals surface area contributed by atoms with Crippen LogP contribution in [0.1, 0.15) is 51.9 Å². The van der Waals surface area contributed by atoms with E-state index in [-0.39, 0.29) is 32.4 Å². The molecule has 22 heavy (non-hydrogen) atoms. The molecule has 0 N–H and O–H groups in total. The van der Waals surface area contributed by atoms with E-state index in [9.17, 15) is 10.2 Å². The second-order valence-corrected chi connectivity index (χ2v) is 7.21. The molecule has 0 spiro atoms. The Balaban J connectivity index is 0. The summed E-state index contributed by atoms with van der Waals surface area (Å²) in [7, 11) is 0. The van der Waals surface area contributed by atoms with Crippen LogP contribution in [0.2, 0.25) is 4.73 Å². The van der Waals surface area contributed by atoms with Crippen molar-refractivity contribution >= 4 is 0 Å². The number of allylic oxidation sites excluding steroid dienone is 6. The van der Waals surface area contributed by atoms with E-state index in [0.29, 0.717) is 0 Å². The molecule has 0 amide bonds. The third kappa shape index (κ3) is 21.9. The summed E-state index contributed by atoms with van der Waals surface area (Å²) in [5.74, 6) is 0. The maximum atomic E-state index is 9.64. The van der Waals surface area contributed by atoms with Crippen molar-refractivity contribution < 1.29 is 29.4 Å². The molecule has 0 saturated heterocycles. The molecule has 0 bridgehead atoms. The Morgan fingerprint density at radius 2 is 1.68 bits per heavy atom. The van der Waals surface area contributed by atoms with Crippen molar-refractivity contribution in [3.63, 3.8) is 0 Å². The van der Waals surface area contributed by atoms with Crippen LogP contribution < -0.4 is 10.2 Å². The summed E-state index contributed by atoms with van der Waals surface area (Å²) in [4.78, 5) is 0. The van der Waals surface area contributed by atoms with Crippen molar-refractivity contribution in [2.45, 2.75) is 56.6 Å². The van der Waals surface area contributed by atoms with Crippen LogP contribution in [0.5, 0.6) is 0 Å². The van der Waals surface area contributed by atoms with Crippen molar-refractivity contribution in [1.29, 1.82) is 0 Å². The topological polar surface area (TPSA) is 46.1 Å². The van der Waals surface area contributed by atoms with Gasteiger partial charge in [-0.1, -0.05) is 25.0 Å².